The van der Waals surface area contributed by atoms with Crippen LogP contribution < -0.4 is 19.8 Å². The molecule has 0 spiro atoms. The summed E-state index contributed by atoms with van der Waals surface area (Å²) in [6, 6.07) is 7.94. The summed E-state index contributed by atoms with van der Waals surface area (Å²) >= 11 is 0. The Kier molecular flexibility index (Phi) is 9.01. The largest absolute Gasteiger partial charge is 0.347 e. The van der Waals surface area contributed by atoms with Crippen LogP contribution in [-0.4, -0.2) is 20.9 Å². The molecule has 2 heterocycles. The third-order valence-corrected chi connectivity index (χ3v) is 5.96. The molecule has 0 fully saturated rings. The Bertz CT molecular complexity index is 1030. The van der Waals surface area contributed by atoms with Gasteiger partial charge in [0.1, 0.15) is 24.8 Å². The summed E-state index contributed by atoms with van der Waals surface area (Å²) in [6.45, 7) is 6.79. The van der Waals surface area contributed by atoms with Gasteiger partial charge in [0.05, 0.1) is 27.2 Å². The van der Waals surface area contributed by atoms with E-state index in [-0.39, 0.29) is 11.8 Å². The van der Waals surface area contributed by atoms with Gasteiger partial charge >= 0.3 is 23.5 Å². The lowest BCUT2D eigenvalue weighted by Crippen LogP contribution is -2.40. The number of imidazole rings is 2. The number of carbonyl (C=O) groups is 2. The number of unbranched alkanes of at least 4 members (excludes halogenated alkanes) is 2. The van der Waals surface area contributed by atoms with Crippen LogP contribution >= 0.6 is 0 Å². The van der Waals surface area contributed by atoms with Crippen LogP contribution in [0.4, 0.5) is 0 Å². The Morgan fingerprint density at radius 3 is 1.65 bits per heavy atom. The van der Waals surface area contributed by atoms with E-state index < -0.39 is 0 Å². The van der Waals surface area contributed by atoms with Gasteiger partial charge < -0.3 is 10.6 Å². The van der Waals surface area contributed by atoms with Crippen molar-refractivity contribution in [3.8, 4) is 0 Å². The number of nitrogens with one attached hydrogen (secondary N) is 2. The second kappa shape index (κ2) is 12.2. The number of hydrogen-bond acceptors (Lipinski definition) is 2. The van der Waals surface area contributed by atoms with Crippen LogP contribution in [0.3, 0.4) is 0 Å². The molecule has 0 unspecified atom stereocenters. The van der Waals surface area contributed by atoms with Crippen molar-refractivity contribution in [3.63, 3.8) is 0 Å². The Labute approximate surface area is 202 Å². The van der Waals surface area contributed by atoms with Gasteiger partial charge in [0.2, 0.25) is 0 Å². The van der Waals surface area contributed by atoms with E-state index in [1.54, 1.807) is 0 Å². The summed E-state index contributed by atoms with van der Waals surface area (Å²) in [6.07, 6.45) is 11.9. The Balaban J connectivity index is 1.59. The average molecular weight is 467 g/mol. The van der Waals surface area contributed by atoms with Gasteiger partial charge in [-0.3, -0.25) is 9.59 Å². The molecule has 0 aliphatic rings. The van der Waals surface area contributed by atoms with Crippen molar-refractivity contribution < 1.29 is 18.7 Å². The van der Waals surface area contributed by atoms with Crippen molar-refractivity contribution in [3.05, 3.63) is 71.8 Å². The molecule has 2 amide bonds. The molecule has 0 bridgehead atoms. The number of hydrogen-bond donors (Lipinski definition) is 2. The lowest BCUT2D eigenvalue weighted by molar-refractivity contribution is -0.673. The maximum Gasteiger partial charge on any atom is 0.347 e. The van der Waals surface area contributed by atoms with Crippen LogP contribution in [0.15, 0.2) is 49.1 Å². The molecule has 3 rings (SSSR count). The fourth-order valence-corrected chi connectivity index (χ4v) is 4.02. The van der Waals surface area contributed by atoms with E-state index in [9.17, 15) is 9.59 Å². The summed E-state index contributed by atoms with van der Waals surface area (Å²) in [4.78, 5) is 25.7. The Morgan fingerprint density at radius 2 is 1.24 bits per heavy atom. The van der Waals surface area contributed by atoms with Crippen LogP contribution in [0.5, 0.6) is 0 Å². The monoisotopic (exact) mass is 466 g/mol. The van der Waals surface area contributed by atoms with Gasteiger partial charge in [-0.05, 0) is 24.0 Å². The molecular weight excluding hydrogens is 428 g/mol. The SMILES string of the molecule is CCCCn1cc[n+](C)c1C(=O)NCc1cccc(CNC(=O)c2n(CCCC)cc[n+]2C)c1. The summed E-state index contributed by atoms with van der Waals surface area (Å²) < 4.78 is 7.71. The molecule has 0 radical (unpaired) electrons. The zero-order valence-corrected chi connectivity index (χ0v) is 20.9. The molecule has 34 heavy (non-hydrogen) atoms. The van der Waals surface area contributed by atoms with Crippen LogP contribution in [0, 0.1) is 0 Å². The van der Waals surface area contributed by atoms with Crippen molar-refractivity contribution in [2.45, 2.75) is 65.7 Å². The highest BCUT2D eigenvalue weighted by molar-refractivity contribution is 5.89. The minimum absolute atomic E-state index is 0.0948. The van der Waals surface area contributed by atoms with Gasteiger partial charge in [-0.25, -0.2) is 18.3 Å². The fourth-order valence-electron chi connectivity index (χ4n) is 4.02. The minimum Gasteiger partial charge on any atom is -0.341 e. The first kappa shape index (κ1) is 25.2. The van der Waals surface area contributed by atoms with E-state index in [4.69, 9.17) is 0 Å². The maximum atomic E-state index is 12.8. The highest BCUT2D eigenvalue weighted by Crippen LogP contribution is 2.07. The summed E-state index contributed by atoms with van der Waals surface area (Å²) in [5, 5.41) is 6.07. The summed E-state index contributed by atoms with van der Waals surface area (Å²) in [5.74, 6) is 1.11. The number of nitrogens with zero attached hydrogens (tertiary/aromatic N) is 4. The van der Waals surface area contributed by atoms with Crippen molar-refractivity contribution >= 4 is 11.8 Å². The van der Waals surface area contributed by atoms with Gasteiger partial charge in [0, 0.05) is 13.1 Å². The average Bonchev–Trinajstić information content (AvgIpc) is 3.40. The topological polar surface area (TPSA) is 75.8 Å². The zero-order valence-electron chi connectivity index (χ0n) is 20.9. The fraction of sp³-hybridized carbons (Fsp3) is 0.462. The molecule has 0 aliphatic carbocycles. The van der Waals surface area contributed by atoms with Crippen molar-refractivity contribution in [1.82, 2.24) is 19.8 Å². The molecule has 0 atom stereocenters. The van der Waals surface area contributed by atoms with Crippen LogP contribution in [0.2, 0.25) is 0 Å². The smallest absolute Gasteiger partial charge is 0.341 e. The summed E-state index contributed by atoms with van der Waals surface area (Å²) in [7, 11) is 3.78. The van der Waals surface area contributed by atoms with Crippen molar-refractivity contribution in [2.24, 2.45) is 14.1 Å². The molecular formula is C26H38N6O2+2. The first-order chi connectivity index (χ1) is 16.4. The molecule has 182 valence electrons. The van der Waals surface area contributed by atoms with E-state index >= 15 is 0 Å². The van der Waals surface area contributed by atoms with Gasteiger partial charge in [0.25, 0.3) is 0 Å². The van der Waals surface area contributed by atoms with Crippen LogP contribution in [0.1, 0.15) is 71.9 Å². The standard InChI is InChI=1S/C26H36N6O2/c1-5-7-12-31-16-14-29(3)25(31)23(33)27-19-21-10-9-11-22(18-21)20-28-24(34)26-30(4)15-17-32(26)13-8-6-2/h9-11,14-18H,5-8,12-13,19-20H2,1-4H3/p+2. The molecule has 8 nitrogen and oxygen atoms in total. The summed E-state index contributed by atoms with van der Waals surface area (Å²) in [5.41, 5.74) is 1.98. The number of amides is 2. The second-order valence-electron chi connectivity index (χ2n) is 8.74. The van der Waals surface area contributed by atoms with E-state index in [0.717, 1.165) is 49.9 Å². The van der Waals surface area contributed by atoms with Gasteiger partial charge in [-0.1, -0.05) is 51.0 Å². The van der Waals surface area contributed by atoms with Crippen molar-refractivity contribution in [1.29, 1.82) is 0 Å². The number of carbonyl (C=O) groups excluding carboxylic acids is 2. The van der Waals surface area contributed by atoms with E-state index in [2.05, 4.69) is 24.5 Å². The highest BCUT2D eigenvalue weighted by atomic mass is 16.2. The van der Waals surface area contributed by atoms with Gasteiger partial charge in [-0.2, -0.15) is 0 Å². The molecule has 1 aromatic carbocycles. The number of rotatable bonds is 12. The molecule has 2 N–H and O–H groups in total. The van der Waals surface area contributed by atoms with E-state index in [0.29, 0.717) is 24.7 Å². The Hall–Kier alpha value is -3.42. The Morgan fingerprint density at radius 1 is 0.794 bits per heavy atom. The lowest BCUT2D eigenvalue weighted by Gasteiger charge is -2.08. The quantitative estimate of drug-likeness (QED) is 0.402. The molecule has 8 heteroatoms. The third kappa shape index (κ3) is 6.34. The second-order valence-corrected chi connectivity index (χ2v) is 8.74. The number of aryl methyl sites for hydroxylation is 4. The minimum atomic E-state index is -0.0948. The predicted molar refractivity (Wildman–Crippen MR) is 130 cm³/mol. The van der Waals surface area contributed by atoms with Gasteiger partial charge in [0.15, 0.2) is 0 Å². The highest BCUT2D eigenvalue weighted by Gasteiger charge is 2.24. The number of aromatic nitrogens is 4. The molecule has 0 saturated heterocycles. The molecule has 0 aliphatic heterocycles. The van der Waals surface area contributed by atoms with Crippen molar-refractivity contribution in [2.75, 3.05) is 0 Å². The van der Waals surface area contributed by atoms with Gasteiger partial charge in [-0.15, -0.1) is 0 Å². The van der Waals surface area contributed by atoms with E-state index in [1.807, 2.05) is 81.4 Å². The van der Waals surface area contributed by atoms with Crippen LogP contribution in [0.25, 0.3) is 0 Å². The lowest BCUT2D eigenvalue weighted by atomic mass is 10.1. The first-order valence-corrected chi connectivity index (χ1v) is 12.2. The predicted octanol–water partition coefficient (Wildman–Crippen LogP) is 2.40. The first-order valence-electron chi connectivity index (χ1n) is 12.2. The zero-order chi connectivity index (χ0) is 24.5. The maximum absolute atomic E-state index is 12.8. The molecule has 2 aromatic heterocycles. The molecule has 0 saturated carbocycles. The van der Waals surface area contributed by atoms with Crippen LogP contribution in [-0.2, 0) is 40.3 Å². The molecule has 3 aromatic rings. The third-order valence-electron chi connectivity index (χ3n) is 5.96. The normalized spacial score (nSPS) is 10.9. The number of benzene rings is 1. The van der Waals surface area contributed by atoms with E-state index in [1.165, 1.54) is 0 Å².